The maximum Gasteiger partial charge on any atom is 0.255 e. The molecule has 5 heteroatoms. The van der Waals surface area contributed by atoms with E-state index in [9.17, 15) is 9.59 Å². The molecule has 0 aliphatic carbocycles. The molecule has 0 spiro atoms. The number of anilines is 2. The first-order valence-corrected chi connectivity index (χ1v) is 9.18. The Balaban J connectivity index is 1.59. The first-order chi connectivity index (χ1) is 12.8. The van der Waals surface area contributed by atoms with E-state index in [0.717, 1.165) is 40.0 Å². The maximum atomic E-state index is 12.7. The van der Waals surface area contributed by atoms with Crippen molar-refractivity contribution in [1.29, 1.82) is 0 Å². The highest BCUT2D eigenvalue weighted by molar-refractivity contribution is 6.06. The van der Waals surface area contributed by atoms with Gasteiger partial charge in [0, 0.05) is 46.5 Å². The predicted octanol–water partition coefficient (Wildman–Crippen LogP) is 4.33. The molecule has 1 aliphatic heterocycles. The fourth-order valence-electron chi connectivity index (χ4n) is 4.01. The Morgan fingerprint density at radius 3 is 2.67 bits per heavy atom. The number of aryl methyl sites for hydroxylation is 2. The molecule has 1 atom stereocenters. The summed E-state index contributed by atoms with van der Waals surface area (Å²) in [6, 6.07) is 11.6. The lowest BCUT2D eigenvalue weighted by atomic mass is 10.1. The van der Waals surface area contributed by atoms with Crippen LogP contribution in [0.3, 0.4) is 0 Å². The number of aromatic amines is 1. The Bertz CT molecular complexity index is 1080. The zero-order valence-electron chi connectivity index (χ0n) is 16.0. The average Bonchev–Trinajstić information content (AvgIpc) is 3.09. The van der Waals surface area contributed by atoms with Crippen molar-refractivity contribution in [1.82, 2.24) is 4.98 Å². The molecule has 0 bridgehead atoms. The van der Waals surface area contributed by atoms with Gasteiger partial charge in [-0.15, -0.1) is 0 Å². The van der Waals surface area contributed by atoms with Gasteiger partial charge in [0.2, 0.25) is 5.91 Å². The molecule has 3 aromatic rings. The van der Waals surface area contributed by atoms with E-state index in [0.29, 0.717) is 5.56 Å². The third kappa shape index (κ3) is 2.89. The van der Waals surface area contributed by atoms with Crippen LogP contribution in [0.15, 0.2) is 36.4 Å². The normalized spacial score (nSPS) is 15.9. The van der Waals surface area contributed by atoms with Gasteiger partial charge >= 0.3 is 0 Å². The molecule has 2 heterocycles. The van der Waals surface area contributed by atoms with E-state index in [1.54, 1.807) is 6.92 Å². The number of benzene rings is 2. The van der Waals surface area contributed by atoms with Crippen molar-refractivity contribution in [2.45, 2.75) is 40.2 Å². The van der Waals surface area contributed by atoms with E-state index < -0.39 is 0 Å². The van der Waals surface area contributed by atoms with Crippen LogP contribution >= 0.6 is 0 Å². The topological polar surface area (TPSA) is 65.2 Å². The number of aromatic nitrogens is 1. The Kier molecular flexibility index (Phi) is 4.02. The van der Waals surface area contributed by atoms with Crippen LogP contribution < -0.4 is 10.2 Å². The van der Waals surface area contributed by atoms with Crippen LogP contribution in [0.1, 0.15) is 41.0 Å². The number of carbonyl (C=O) groups is 2. The number of H-pyrrole nitrogens is 1. The molecular formula is C22H23N3O2. The first kappa shape index (κ1) is 17.3. The summed E-state index contributed by atoms with van der Waals surface area (Å²) in [4.78, 5) is 29.7. The van der Waals surface area contributed by atoms with Crippen LogP contribution in [0.4, 0.5) is 11.4 Å². The van der Waals surface area contributed by atoms with Crippen molar-refractivity contribution >= 4 is 34.1 Å². The lowest BCUT2D eigenvalue weighted by Gasteiger charge is -2.20. The molecular weight excluding hydrogens is 338 g/mol. The van der Waals surface area contributed by atoms with Crippen molar-refractivity contribution in [2.24, 2.45) is 0 Å². The molecule has 1 aromatic heterocycles. The van der Waals surface area contributed by atoms with E-state index in [1.165, 1.54) is 5.56 Å². The summed E-state index contributed by atoms with van der Waals surface area (Å²) in [5.74, 6) is -0.0981. The van der Waals surface area contributed by atoms with Crippen LogP contribution in [-0.2, 0) is 11.2 Å². The van der Waals surface area contributed by atoms with E-state index >= 15 is 0 Å². The van der Waals surface area contributed by atoms with Gasteiger partial charge in [-0.2, -0.15) is 0 Å². The molecule has 27 heavy (non-hydrogen) atoms. The lowest BCUT2D eigenvalue weighted by Crippen LogP contribution is -2.33. The molecule has 2 aromatic carbocycles. The van der Waals surface area contributed by atoms with Gasteiger partial charge in [-0.05, 0) is 68.7 Å². The SMILES string of the molecule is CC(=O)N1c2ccc(NC(=O)c3ccc4c(C)c(C)[nH]c4c3)cc2C[C@H]1C. The molecule has 0 saturated heterocycles. The average molecular weight is 361 g/mol. The quantitative estimate of drug-likeness (QED) is 0.713. The van der Waals surface area contributed by atoms with Crippen molar-refractivity contribution in [2.75, 3.05) is 10.2 Å². The van der Waals surface area contributed by atoms with E-state index in [4.69, 9.17) is 0 Å². The molecule has 0 radical (unpaired) electrons. The van der Waals surface area contributed by atoms with Gasteiger partial charge in [0.1, 0.15) is 0 Å². The number of nitrogens with one attached hydrogen (secondary N) is 2. The fourth-order valence-corrected chi connectivity index (χ4v) is 4.01. The number of amides is 2. The minimum Gasteiger partial charge on any atom is -0.358 e. The van der Waals surface area contributed by atoms with Crippen molar-refractivity contribution < 1.29 is 9.59 Å². The molecule has 4 rings (SSSR count). The summed E-state index contributed by atoms with van der Waals surface area (Å²) in [7, 11) is 0. The summed E-state index contributed by atoms with van der Waals surface area (Å²) in [5.41, 5.74) is 6.68. The van der Waals surface area contributed by atoms with E-state index in [2.05, 4.69) is 17.2 Å². The van der Waals surface area contributed by atoms with E-state index in [1.807, 2.05) is 55.1 Å². The molecule has 138 valence electrons. The molecule has 0 fully saturated rings. The molecule has 1 aliphatic rings. The number of rotatable bonds is 2. The molecule has 0 saturated carbocycles. The van der Waals surface area contributed by atoms with Gasteiger partial charge in [-0.25, -0.2) is 0 Å². The standard InChI is InChI=1S/C22H23N3O2/c1-12-9-17-10-18(6-8-21(17)25(12)15(4)26)24-22(27)16-5-7-19-13(2)14(3)23-20(19)11-16/h5-8,10-12,23H,9H2,1-4H3,(H,24,27)/t12-/m1/s1. The van der Waals surface area contributed by atoms with Crippen molar-refractivity contribution in [3.05, 3.63) is 58.8 Å². The summed E-state index contributed by atoms with van der Waals surface area (Å²) < 4.78 is 0. The molecule has 5 nitrogen and oxygen atoms in total. The number of carbonyl (C=O) groups excluding carboxylic acids is 2. The molecule has 2 amide bonds. The van der Waals surface area contributed by atoms with Gasteiger partial charge in [0.05, 0.1) is 0 Å². The zero-order chi connectivity index (χ0) is 19.3. The highest BCUT2D eigenvalue weighted by Gasteiger charge is 2.29. The van der Waals surface area contributed by atoms with Crippen LogP contribution in [0.25, 0.3) is 10.9 Å². The van der Waals surface area contributed by atoms with Gasteiger partial charge in [-0.1, -0.05) is 6.07 Å². The lowest BCUT2D eigenvalue weighted by molar-refractivity contribution is -0.116. The Morgan fingerprint density at radius 2 is 1.93 bits per heavy atom. The van der Waals surface area contributed by atoms with Gasteiger partial charge in [0.15, 0.2) is 0 Å². The summed E-state index contributed by atoms with van der Waals surface area (Å²) in [5, 5.41) is 4.12. The number of hydrogen-bond acceptors (Lipinski definition) is 2. The second-order valence-electron chi connectivity index (χ2n) is 7.38. The Hall–Kier alpha value is -3.08. The van der Waals surface area contributed by atoms with Gasteiger partial charge < -0.3 is 15.2 Å². The smallest absolute Gasteiger partial charge is 0.255 e. The van der Waals surface area contributed by atoms with Crippen molar-refractivity contribution in [3.63, 3.8) is 0 Å². The summed E-state index contributed by atoms with van der Waals surface area (Å²) >= 11 is 0. The van der Waals surface area contributed by atoms with Gasteiger partial charge in [-0.3, -0.25) is 9.59 Å². The Morgan fingerprint density at radius 1 is 1.15 bits per heavy atom. The predicted molar refractivity (Wildman–Crippen MR) is 108 cm³/mol. The highest BCUT2D eigenvalue weighted by Crippen LogP contribution is 2.34. The van der Waals surface area contributed by atoms with E-state index in [-0.39, 0.29) is 17.9 Å². The minimum atomic E-state index is -0.142. The van der Waals surface area contributed by atoms with Crippen molar-refractivity contribution in [3.8, 4) is 0 Å². The molecule has 2 N–H and O–H groups in total. The highest BCUT2D eigenvalue weighted by atomic mass is 16.2. The number of hydrogen-bond donors (Lipinski definition) is 2. The third-order valence-electron chi connectivity index (χ3n) is 5.46. The number of fused-ring (bicyclic) bond motifs is 2. The third-order valence-corrected chi connectivity index (χ3v) is 5.46. The second-order valence-corrected chi connectivity index (χ2v) is 7.38. The maximum absolute atomic E-state index is 12.7. The first-order valence-electron chi connectivity index (χ1n) is 9.18. The summed E-state index contributed by atoms with van der Waals surface area (Å²) in [6.45, 7) is 7.73. The second kappa shape index (κ2) is 6.27. The largest absolute Gasteiger partial charge is 0.358 e. The monoisotopic (exact) mass is 361 g/mol. The zero-order valence-corrected chi connectivity index (χ0v) is 16.0. The van der Waals surface area contributed by atoms with Crippen LogP contribution in [0, 0.1) is 13.8 Å². The minimum absolute atomic E-state index is 0.0443. The number of nitrogens with zero attached hydrogens (tertiary/aromatic N) is 1. The van der Waals surface area contributed by atoms with Crippen LogP contribution in [-0.4, -0.2) is 22.8 Å². The molecule has 0 unspecified atom stereocenters. The van der Waals surface area contributed by atoms with Gasteiger partial charge in [0.25, 0.3) is 5.91 Å². The Labute approximate surface area is 158 Å². The fraction of sp³-hybridized carbons (Fsp3) is 0.273. The van der Waals surface area contributed by atoms with Crippen LogP contribution in [0.5, 0.6) is 0 Å². The van der Waals surface area contributed by atoms with Crippen LogP contribution in [0.2, 0.25) is 0 Å². The summed E-state index contributed by atoms with van der Waals surface area (Å²) in [6.07, 6.45) is 0.797.